The van der Waals surface area contributed by atoms with Gasteiger partial charge in [-0.25, -0.2) is 4.79 Å². The molecule has 1 amide bonds. The molecule has 2 heterocycles. The minimum atomic E-state index is -0.343. The summed E-state index contributed by atoms with van der Waals surface area (Å²) in [6.07, 6.45) is 0. The van der Waals surface area contributed by atoms with Crippen molar-refractivity contribution in [3.8, 4) is 5.75 Å². The highest BCUT2D eigenvalue weighted by atomic mass is 16.5. The maximum absolute atomic E-state index is 12.7. The predicted octanol–water partition coefficient (Wildman–Crippen LogP) is 2.97. The van der Waals surface area contributed by atoms with Crippen LogP contribution in [0.4, 0.5) is 5.69 Å². The van der Waals surface area contributed by atoms with Crippen LogP contribution in [0.15, 0.2) is 63.8 Å². The van der Waals surface area contributed by atoms with Gasteiger partial charge in [0.15, 0.2) is 0 Å². The topological polar surface area (TPSA) is 66.2 Å². The summed E-state index contributed by atoms with van der Waals surface area (Å²) >= 11 is 0. The maximum Gasteiger partial charge on any atom is 0.336 e. The summed E-state index contributed by atoms with van der Waals surface area (Å²) in [4.78, 5) is 30.9. The zero-order chi connectivity index (χ0) is 22.5. The van der Waals surface area contributed by atoms with E-state index in [2.05, 4.69) is 9.80 Å². The standard InChI is InChI=1S/C25H29N3O4/c1-3-31-21-9-10-23-22(16-21)19(15-25(30)32-23)17-27-11-13-28(14-12-27)18-24(29)26(2)20-7-5-4-6-8-20/h4-10,15-16H,3,11-14,17-18H2,1-2H3. The van der Waals surface area contributed by atoms with Gasteiger partial charge in [0.2, 0.25) is 5.91 Å². The Morgan fingerprint density at radius 2 is 1.75 bits per heavy atom. The first-order valence-corrected chi connectivity index (χ1v) is 11.0. The van der Waals surface area contributed by atoms with Crippen LogP contribution in [0.25, 0.3) is 11.0 Å². The van der Waals surface area contributed by atoms with Gasteiger partial charge in [0.25, 0.3) is 0 Å². The second-order valence-electron chi connectivity index (χ2n) is 8.02. The molecule has 0 radical (unpaired) electrons. The molecule has 1 fully saturated rings. The second kappa shape index (κ2) is 9.97. The molecular weight excluding hydrogens is 406 g/mol. The number of carbonyl (C=O) groups is 1. The fourth-order valence-electron chi connectivity index (χ4n) is 4.03. The zero-order valence-corrected chi connectivity index (χ0v) is 18.6. The molecule has 2 aromatic carbocycles. The van der Waals surface area contributed by atoms with Crippen molar-refractivity contribution in [2.45, 2.75) is 13.5 Å². The van der Waals surface area contributed by atoms with Crippen molar-refractivity contribution in [3.05, 3.63) is 70.6 Å². The Labute approximate surface area is 187 Å². The molecule has 0 unspecified atom stereocenters. The molecule has 1 aliphatic rings. The van der Waals surface area contributed by atoms with Crippen molar-refractivity contribution in [1.82, 2.24) is 9.80 Å². The molecule has 4 rings (SSSR count). The fraction of sp³-hybridized carbons (Fsp3) is 0.360. The number of rotatable bonds is 7. The van der Waals surface area contributed by atoms with Crippen LogP contribution >= 0.6 is 0 Å². The lowest BCUT2D eigenvalue weighted by Crippen LogP contribution is -2.49. The number of benzene rings is 2. The highest BCUT2D eigenvalue weighted by Gasteiger charge is 2.22. The molecule has 0 aliphatic carbocycles. The van der Waals surface area contributed by atoms with E-state index in [0.717, 1.165) is 48.6 Å². The number of amides is 1. The molecule has 7 nitrogen and oxygen atoms in total. The maximum atomic E-state index is 12.7. The smallest absolute Gasteiger partial charge is 0.336 e. The van der Waals surface area contributed by atoms with E-state index >= 15 is 0 Å². The van der Waals surface area contributed by atoms with Gasteiger partial charge >= 0.3 is 5.63 Å². The Hall–Kier alpha value is -3.16. The van der Waals surface area contributed by atoms with E-state index < -0.39 is 0 Å². The highest BCUT2D eigenvalue weighted by molar-refractivity contribution is 5.94. The van der Waals surface area contributed by atoms with E-state index in [0.29, 0.717) is 25.3 Å². The molecule has 0 saturated carbocycles. The van der Waals surface area contributed by atoms with Gasteiger partial charge in [0.1, 0.15) is 11.3 Å². The SMILES string of the molecule is CCOc1ccc2oc(=O)cc(CN3CCN(CC(=O)N(C)c4ccccc4)CC3)c2c1. The van der Waals surface area contributed by atoms with Gasteiger partial charge < -0.3 is 14.1 Å². The fourth-order valence-corrected chi connectivity index (χ4v) is 4.03. The van der Waals surface area contributed by atoms with E-state index in [1.807, 2.05) is 56.4 Å². The number of para-hydroxylation sites is 1. The van der Waals surface area contributed by atoms with Crippen LogP contribution in [-0.4, -0.2) is 62.1 Å². The van der Waals surface area contributed by atoms with Crippen LogP contribution in [0.5, 0.6) is 5.75 Å². The number of ether oxygens (including phenoxy) is 1. The number of carbonyl (C=O) groups excluding carboxylic acids is 1. The van der Waals surface area contributed by atoms with Crippen molar-refractivity contribution in [2.24, 2.45) is 0 Å². The number of likely N-dealkylation sites (N-methyl/N-ethyl adjacent to an activating group) is 1. The van der Waals surface area contributed by atoms with Gasteiger partial charge in [0, 0.05) is 56.9 Å². The molecule has 7 heteroatoms. The van der Waals surface area contributed by atoms with E-state index in [1.165, 1.54) is 0 Å². The summed E-state index contributed by atoms with van der Waals surface area (Å²) in [7, 11) is 1.82. The minimum Gasteiger partial charge on any atom is -0.494 e. The number of hydrogen-bond donors (Lipinski definition) is 0. The van der Waals surface area contributed by atoms with Crippen LogP contribution in [0.3, 0.4) is 0 Å². The average Bonchev–Trinajstić information content (AvgIpc) is 2.81. The molecular formula is C25H29N3O4. The molecule has 3 aromatic rings. The van der Waals surface area contributed by atoms with Gasteiger partial charge in [-0.3, -0.25) is 14.6 Å². The number of fused-ring (bicyclic) bond motifs is 1. The Balaban J connectivity index is 1.38. The first-order chi connectivity index (χ1) is 15.5. The summed E-state index contributed by atoms with van der Waals surface area (Å²) < 4.78 is 11.0. The van der Waals surface area contributed by atoms with E-state index in [-0.39, 0.29) is 11.5 Å². The number of hydrogen-bond acceptors (Lipinski definition) is 6. The number of piperazine rings is 1. The summed E-state index contributed by atoms with van der Waals surface area (Å²) in [6.45, 7) is 6.84. The largest absolute Gasteiger partial charge is 0.494 e. The van der Waals surface area contributed by atoms with Crippen molar-refractivity contribution in [3.63, 3.8) is 0 Å². The normalized spacial score (nSPS) is 15.1. The van der Waals surface area contributed by atoms with Crippen LogP contribution in [0.1, 0.15) is 12.5 Å². The first kappa shape index (κ1) is 22.0. The minimum absolute atomic E-state index is 0.0831. The first-order valence-electron chi connectivity index (χ1n) is 11.0. The molecule has 1 aromatic heterocycles. The number of anilines is 1. The van der Waals surface area contributed by atoms with Crippen molar-refractivity contribution >= 4 is 22.6 Å². The third-order valence-corrected chi connectivity index (χ3v) is 5.85. The Kier molecular flexibility index (Phi) is 6.87. The predicted molar refractivity (Wildman–Crippen MR) is 125 cm³/mol. The molecule has 1 aliphatic heterocycles. The van der Waals surface area contributed by atoms with Gasteiger partial charge in [-0.1, -0.05) is 18.2 Å². The Morgan fingerprint density at radius 3 is 2.47 bits per heavy atom. The van der Waals surface area contributed by atoms with Crippen LogP contribution in [-0.2, 0) is 11.3 Å². The van der Waals surface area contributed by atoms with Gasteiger partial charge in [-0.15, -0.1) is 0 Å². The molecule has 0 spiro atoms. The quantitative estimate of drug-likeness (QED) is 0.532. The second-order valence-corrected chi connectivity index (χ2v) is 8.02. The van der Waals surface area contributed by atoms with E-state index in [9.17, 15) is 9.59 Å². The average molecular weight is 436 g/mol. The van der Waals surface area contributed by atoms with Gasteiger partial charge in [-0.05, 0) is 42.8 Å². The van der Waals surface area contributed by atoms with Crippen molar-refractivity contribution in [2.75, 3.05) is 51.3 Å². The summed E-state index contributed by atoms with van der Waals surface area (Å²) in [6, 6.07) is 16.8. The van der Waals surface area contributed by atoms with Crippen LogP contribution in [0, 0.1) is 0 Å². The lowest BCUT2D eigenvalue weighted by molar-refractivity contribution is -0.119. The molecule has 0 N–H and O–H groups in total. The molecule has 1 saturated heterocycles. The monoisotopic (exact) mass is 435 g/mol. The number of nitrogens with zero attached hydrogens (tertiary/aromatic N) is 3. The Bertz CT molecular complexity index is 1120. The zero-order valence-electron chi connectivity index (χ0n) is 18.6. The molecule has 0 atom stereocenters. The van der Waals surface area contributed by atoms with E-state index in [1.54, 1.807) is 17.0 Å². The van der Waals surface area contributed by atoms with Crippen molar-refractivity contribution in [1.29, 1.82) is 0 Å². The summed E-state index contributed by atoms with van der Waals surface area (Å²) in [5.74, 6) is 0.848. The van der Waals surface area contributed by atoms with E-state index in [4.69, 9.17) is 9.15 Å². The summed E-state index contributed by atoms with van der Waals surface area (Å²) in [5, 5.41) is 0.901. The molecule has 32 heavy (non-hydrogen) atoms. The lowest BCUT2D eigenvalue weighted by Gasteiger charge is -2.35. The summed E-state index contributed by atoms with van der Waals surface area (Å²) in [5.41, 5.74) is 2.07. The molecule has 0 bridgehead atoms. The van der Waals surface area contributed by atoms with Gasteiger partial charge in [-0.2, -0.15) is 0 Å². The van der Waals surface area contributed by atoms with Crippen LogP contribution < -0.4 is 15.3 Å². The van der Waals surface area contributed by atoms with Crippen molar-refractivity contribution < 1.29 is 13.9 Å². The lowest BCUT2D eigenvalue weighted by atomic mass is 10.1. The third-order valence-electron chi connectivity index (χ3n) is 5.85. The highest BCUT2D eigenvalue weighted by Crippen LogP contribution is 2.24. The van der Waals surface area contributed by atoms with Gasteiger partial charge in [0.05, 0.1) is 13.2 Å². The Morgan fingerprint density at radius 1 is 1.03 bits per heavy atom. The third kappa shape index (κ3) is 5.18. The molecule has 168 valence electrons. The van der Waals surface area contributed by atoms with Crippen LogP contribution in [0.2, 0.25) is 0 Å².